The Labute approximate surface area is 186 Å². The second-order valence-corrected chi connectivity index (χ2v) is 7.74. The maximum absolute atomic E-state index is 14.8. The highest BCUT2D eigenvalue weighted by molar-refractivity contribution is 6.46. The van der Waals surface area contributed by atoms with Gasteiger partial charge in [-0.25, -0.2) is 4.39 Å². The Kier molecular flexibility index (Phi) is 7.15. The fraction of sp³-hybridized carbons (Fsp3) is 0.333. The molecule has 1 atom stereocenters. The fourth-order valence-electron chi connectivity index (χ4n) is 3.83. The lowest BCUT2D eigenvalue weighted by Crippen LogP contribution is -2.32. The molecule has 1 saturated heterocycles. The van der Waals surface area contributed by atoms with Gasteiger partial charge in [0.2, 0.25) is 0 Å². The molecular formula is C24H27FN2O5. The largest absolute Gasteiger partial charge is 0.507 e. The molecular weight excluding hydrogens is 415 g/mol. The number of nitrogens with zero attached hydrogens (tertiary/aromatic N) is 2. The standard InChI is InChI=1S/C24H27FN2O5/c1-26(2)12-7-13-27-21(16-8-5-6-9-17(16)25)20(23(29)24(27)30)22(28)15-10-11-18(31-3)19(14-15)32-4/h5-6,8-11,14,21,28H,7,12-13H2,1-4H3/b22-20+/t21-/m1/s1. The third-order valence-electron chi connectivity index (χ3n) is 5.40. The molecule has 3 rings (SSSR count). The van der Waals surface area contributed by atoms with E-state index in [1.54, 1.807) is 18.2 Å². The van der Waals surface area contributed by atoms with E-state index in [2.05, 4.69) is 0 Å². The molecule has 0 aliphatic carbocycles. The molecule has 0 saturated carbocycles. The molecule has 1 fully saturated rings. The van der Waals surface area contributed by atoms with Gasteiger partial charge in [0.05, 0.1) is 25.8 Å². The quantitative estimate of drug-likeness (QED) is 0.384. The summed E-state index contributed by atoms with van der Waals surface area (Å²) in [6.07, 6.45) is 0.585. The summed E-state index contributed by atoms with van der Waals surface area (Å²) >= 11 is 0. The molecule has 32 heavy (non-hydrogen) atoms. The van der Waals surface area contributed by atoms with Crippen LogP contribution in [-0.4, -0.2) is 68.0 Å². The molecule has 0 spiro atoms. The SMILES string of the molecule is COc1ccc(/C(O)=C2\C(=O)C(=O)N(CCCN(C)C)[C@@H]2c2ccccc2F)cc1OC. The summed E-state index contributed by atoms with van der Waals surface area (Å²) in [4.78, 5) is 29.2. The zero-order valence-corrected chi connectivity index (χ0v) is 18.6. The predicted molar refractivity (Wildman–Crippen MR) is 118 cm³/mol. The lowest BCUT2D eigenvalue weighted by atomic mass is 9.94. The number of amides is 1. The van der Waals surface area contributed by atoms with Crippen LogP contribution in [0, 0.1) is 5.82 Å². The van der Waals surface area contributed by atoms with E-state index in [0.717, 1.165) is 0 Å². The number of benzene rings is 2. The molecule has 0 aromatic heterocycles. The minimum absolute atomic E-state index is 0.151. The number of rotatable bonds is 8. The first-order valence-corrected chi connectivity index (χ1v) is 10.2. The third-order valence-corrected chi connectivity index (χ3v) is 5.40. The van der Waals surface area contributed by atoms with E-state index in [9.17, 15) is 19.1 Å². The molecule has 8 heteroatoms. The Hall–Kier alpha value is -3.39. The number of Topliss-reactive ketones (excluding diaryl/α,β-unsaturated/α-hetero) is 1. The number of halogens is 1. The summed E-state index contributed by atoms with van der Waals surface area (Å²) in [6, 6.07) is 9.56. The zero-order valence-electron chi connectivity index (χ0n) is 18.6. The van der Waals surface area contributed by atoms with Gasteiger partial charge in [0.1, 0.15) is 11.6 Å². The predicted octanol–water partition coefficient (Wildman–Crippen LogP) is 3.22. The van der Waals surface area contributed by atoms with Crippen molar-refractivity contribution in [3.8, 4) is 11.5 Å². The highest BCUT2D eigenvalue weighted by atomic mass is 19.1. The molecule has 1 heterocycles. The average molecular weight is 442 g/mol. The maximum Gasteiger partial charge on any atom is 0.295 e. The molecule has 1 amide bonds. The fourth-order valence-corrected chi connectivity index (χ4v) is 3.83. The number of carbonyl (C=O) groups is 2. The number of likely N-dealkylation sites (tertiary alicyclic amines) is 1. The average Bonchev–Trinajstić information content (AvgIpc) is 3.03. The van der Waals surface area contributed by atoms with Crippen molar-refractivity contribution < 1.29 is 28.6 Å². The Morgan fingerprint density at radius 3 is 2.41 bits per heavy atom. The summed E-state index contributed by atoms with van der Waals surface area (Å²) in [5, 5.41) is 11.1. The number of ketones is 1. The molecule has 2 aromatic rings. The van der Waals surface area contributed by atoms with Crippen molar-refractivity contribution in [1.29, 1.82) is 0 Å². The van der Waals surface area contributed by atoms with E-state index < -0.39 is 29.3 Å². The van der Waals surface area contributed by atoms with Gasteiger partial charge in [0, 0.05) is 17.7 Å². The van der Waals surface area contributed by atoms with Crippen molar-refractivity contribution in [3.05, 3.63) is 65.0 Å². The summed E-state index contributed by atoms with van der Waals surface area (Å²) in [5.41, 5.74) is 0.256. The summed E-state index contributed by atoms with van der Waals surface area (Å²) in [7, 11) is 6.73. The summed E-state index contributed by atoms with van der Waals surface area (Å²) in [5.74, 6) is -1.78. The Morgan fingerprint density at radius 2 is 1.78 bits per heavy atom. The van der Waals surface area contributed by atoms with Gasteiger partial charge < -0.3 is 24.4 Å². The monoisotopic (exact) mass is 442 g/mol. The zero-order chi connectivity index (χ0) is 23.4. The van der Waals surface area contributed by atoms with E-state index in [0.29, 0.717) is 24.5 Å². The van der Waals surface area contributed by atoms with Crippen LogP contribution < -0.4 is 9.47 Å². The molecule has 2 aromatic carbocycles. The Bertz CT molecular complexity index is 1050. The first-order chi connectivity index (χ1) is 15.3. The Balaban J connectivity index is 2.14. The molecule has 1 N–H and O–H groups in total. The molecule has 0 radical (unpaired) electrons. The van der Waals surface area contributed by atoms with Gasteiger partial charge in [-0.1, -0.05) is 18.2 Å². The van der Waals surface area contributed by atoms with Crippen molar-refractivity contribution in [2.45, 2.75) is 12.5 Å². The van der Waals surface area contributed by atoms with E-state index in [4.69, 9.17) is 9.47 Å². The number of hydrogen-bond donors (Lipinski definition) is 1. The van der Waals surface area contributed by atoms with Crippen LogP contribution in [0.3, 0.4) is 0 Å². The normalized spacial score (nSPS) is 17.8. The first kappa shape index (κ1) is 23.3. The van der Waals surface area contributed by atoms with Gasteiger partial charge in [0.25, 0.3) is 11.7 Å². The van der Waals surface area contributed by atoms with Crippen molar-refractivity contribution in [1.82, 2.24) is 9.80 Å². The van der Waals surface area contributed by atoms with Crippen molar-refractivity contribution in [3.63, 3.8) is 0 Å². The van der Waals surface area contributed by atoms with Gasteiger partial charge in [-0.05, 0) is 51.3 Å². The van der Waals surface area contributed by atoms with Crippen LogP contribution in [0.5, 0.6) is 11.5 Å². The van der Waals surface area contributed by atoms with Crippen molar-refractivity contribution in [2.75, 3.05) is 41.4 Å². The molecule has 0 unspecified atom stereocenters. The van der Waals surface area contributed by atoms with E-state index in [-0.39, 0.29) is 23.2 Å². The van der Waals surface area contributed by atoms with E-state index >= 15 is 0 Å². The van der Waals surface area contributed by atoms with Crippen LogP contribution in [0.15, 0.2) is 48.0 Å². The smallest absolute Gasteiger partial charge is 0.295 e. The number of aliphatic hydroxyl groups is 1. The van der Waals surface area contributed by atoms with Gasteiger partial charge in [-0.2, -0.15) is 0 Å². The lowest BCUT2D eigenvalue weighted by Gasteiger charge is -2.26. The van der Waals surface area contributed by atoms with Crippen LogP contribution in [-0.2, 0) is 9.59 Å². The van der Waals surface area contributed by atoms with Gasteiger partial charge in [0.15, 0.2) is 11.5 Å². The van der Waals surface area contributed by atoms with E-state index in [1.807, 2.05) is 19.0 Å². The lowest BCUT2D eigenvalue weighted by molar-refractivity contribution is -0.140. The number of ether oxygens (including phenoxy) is 2. The van der Waals surface area contributed by atoms with Crippen LogP contribution >= 0.6 is 0 Å². The number of methoxy groups -OCH3 is 2. The second-order valence-electron chi connectivity index (χ2n) is 7.74. The number of hydrogen-bond acceptors (Lipinski definition) is 6. The molecule has 0 bridgehead atoms. The van der Waals surface area contributed by atoms with Crippen molar-refractivity contribution >= 4 is 17.4 Å². The van der Waals surface area contributed by atoms with E-state index in [1.165, 1.54) is 43.4 Å². The molecule has 1 aliphatic heterocycles. The summed E-state index contributed by atoms with van der Waals surface area (Å²) in [6.45, 7) is 0.924. The summed E-state index contributed by atoms with van der Waals surface area (Å²) < 4.78 is 25.3. The number of carbonyl (C=O) groups excluding carboxylic acids is 2. The maximum atomic E-state index is 14.8. The second kappa shape index (κ2) is 9.82. The van der Waals surface area contributed by atoms with Crippen molar-refractivity contribution in [2.24, 2.45) is 0 Å². The minimum atomic E-state index is -1.04. The highest BCUT2D eigenvalue weighted by Crippen LogP contribution is 2.41. The topological polar surface area (TPSA) is 79.3 Å². The van der Waals surface area contributed by atoms with Gasteiger partial charge >= 0.3 is 0 Å². The van der Waals surface area contributed by atoms with Crippen LogP contribution in [0.1, 0.15) is 23.6 Å². The molecule has 7 nitrogen and oxygen atoms in total. The van der Waals surface area contributed by atoms with Crippen LogP contribution in [0.4, 0.5) is 4.39 Å². The Morgan fingerprint density at radius 1 is 1.09 bits per heavy atom. The third kappa shape index (κ3) is 4.45. The minimum Gasteiger partial charge on any atom is -0.507 e. The number of aliphatic hydroxyl groups excluding tert-OH is 1. The molecule has 1 aliphatic rings. The van der Waals surface area contributed by atoms with Gasteiger partial charge in [-0.3, -0.25) is 9.59 Å². The van der Waals surface area contributed by atoms with Crippen LogP contribution in [0.2, 0.25) is 0 Å². The first-order valence-electron chi connectivity index (χ1n) is 10.2. The van der Waals surface area contributed by atoms with Gasteiger partial charge in [-0.15, -0.1) is 0 Å². The molecule has 170 valence electrons. The highest BCUT2D eigenvalue weighted by Gasteiger charge is 2.46. The van der Waals surface area contributed by atoms with Crippen LogP contribution in [0.25, 0.3) is 5.76 Å².